The van der Waals surface area contributed by atoms with Gasteiger partial charge in [0.2, 0.25) is 19.2 Å². The molecule has 1 amide bonds. The monoisotopic (exact) mass is 335 g/mol. The lowest BCUT2D eigenvalue weighted by Gasteiger charge is -2.00. The van der Waals surface area contributed by atoms with Crippen LogP contribution in [-0.4, -0.2) is 50.5 Å². The number of aromatic nitrogens is 2. The zero-order valence-electron chi connectivity index (χ0n) is 12.3. The topological polar surface area (TPSA) is 98.3 Å². The molecular weight excluding hydrogens is 314 g/mol. The van der Waals surface area contributed by atoms with Gasteiger partial charge >= 0.3 is 0 Å². The fourth-order valence-corrected chi connectivity index (χ4v) is 3.99. The number of rotatable bonds is 10. The van der Waals surface area contributed by atoms with Crippen molar-refractivity contribution < 1.29 is 17.9 Å². The van der Waals surface area contributed by atoms with Crippen molar-refractivity contribution in [2.45, 2.75) is 36.9 Å². The molecule has 0 aliphatic carbocycles. The summed E-state index contributed by atoms with van der Waals surface area (Å²) >= 11 is 0.807. The minimum absolute atomic E-state index is 0.0485. The largest absolute Gasteiger partial charge is 0.383 e. The quantitative estimate of drug-likeness (QED) is 0.647. The lowest BCUT2D eigenvalue weighted by atomic mass is 10.2. The fourth-order valence-electron chi connectivity index (χ4n) is 1.58. The van der Waals surface area contributed by atoms with Gasteiger partial charge in [-0.25, -0.2) is 8.42 Å². The van der Waals surface area contributed by atoms with Gasteiger partial charge in [-0.1, -0.05) is 37.5 Å². The molecule has 0 saturated heterocycles. The highest BCUT2D eigenvalue weighted by Gasteiger charge is 2.22. The second-order valence-corrected chi connectivity index (χ2v) is 7.76. The van der Waals surface area contributed by atoms with Crippen LogP contribution in [-0.2, 0) is 14.6 Å². The minimum atomic E-state index is -3.44. The Bertz CT molecular complexity index is 542. The first-order valence-corrected chi connectivity index (χ1v) is 9.31. The summed E-state index contributed by atoms with van der Waals surface area (Å²) in [5.41, 5.74) is 0. The van der Waals surface area contributed by atoms with Crippen molar-refractivity contribution in [2.24, 2.45) is 0 Å². The molecule has 0 unspecified atom stereocenters. The highest BCUT2D eigenvalue weighted by molar-refractivity contribution is 7.93. The lowest BCUT2D eigenvalue weighted by Crippen LogP contribution is -2.26. The van der Waals surface area contributed by atoms with Gasteiger partial charge in [-0.3, -0.25) is 4.79 Å². The number of carbonyl (C=O) groups excluding carboxylic acids is 1. The molecule has 0 saturated carbocycles. The van der Waals surface area contributed by atoms with Crippen LogP contribution in [0.1, 0.15) is 42.4 Å². The second kappa shape index (κ2) is 9.06. The number of hydrogen-bond donors (Lipinski definition) is 1. The van der Waals surface area contributed by atoms with Crippen LogP contribution in [0.25, 0.3) is 0 Å². The molecule has 120 valence electrons. The van der Waals surface area contributed by atoms with Crippen molar-refractivity contribution in [2.75, 3.05) is 26.0 Å². The van der Waals surface area contributed by atoms with Crippen LogP contribution in [0.3, 0.4) is 0 Å². The molecule has 0 bridgehead atoms. The van der Waals surface area contributed by atoms with Crippen molar-refractivity contribution in [3.8, 4) is 0 Å². The van der Waals surface area contributed by atoms with Gasteiger partial charge in [-0.2, -0.15) is 0 Å². The maximum Gasteiger partial charge on any atom is 0.282 e. The Labute approximate surface area is 129 Å². The second-order valence-electron chi connectivity index (χ2n) is 4.50. The molecule has 0 atom stereocenters. The van der Waals surface area contributed by atoms with E-state index in [9.17, 15) is 13.2 Å². The van der Waals surface area contributed by atoms with Gasteiger partial charge in [0.15, 0.2) is 0 Å². The van der Waals surface area contributed by atoms with Gasteiger partial charge in [0.05, 0.1) is 12.4 Å². The molecule has 1 N–H and O–H groups in total. The van der Waals surface area contributed by atoms with E-state index in [0.29, 0.717) is 19.6 Å². The Morgan fingerprint density at radius 2 is 2.05 bits per heavy atom. The van der Waals surface area contributed by atoms with Crippen LogP contribution in [0.5, 0.6) is 0 Å². The SMILES string of the molecule is CCCCCCS(=O)(=O)c1nnc(C(=O)NCCOC)s1. The Morgan fingerprint density at radius 3 is 2.71 bits per heavy atom. The number of nitrogens with one attached hydrogen (secondary N) is 1. The van der Waals surface area contributed by atoms with Gasteiger partial charge in [-0.15, -0.1) is 10.2 Å². The van der Waals surface area contributed by atoms with E-state index in [2.05, 4.69) is 22.4 Å². The average Bonchev–Trinajstić information content (AvgIpc) is 2.94. The molecule has 1 aromatic heterocycles. The summed E-state index contributed by atoms with van der Waals surface area (Å²) in [5.74, 6) is -0.385. The van der Waals surface area contributed by atoms with Gasteiger partial charge < -0.3 is 10.1 Å². The molecule has 0 aromatic carbocycles. The van der Waals surface area contributed by atoms with Crippen LogP contribution in [0.15, 0.2) is 4.34 Å². The third kappa shape index (κ3) is 6.06. The standard InChI is InChI=1S/C12H21N3O4S2/c1-3-4-5-6-9-21(17,18)12-15-14-11(20-12)10(16)13-7-8-19-2/h3-9H2,1-2H3,(H,13,16). The summed E-state index contributed by atoms with van der Waals surface area (Å²) in [7, 11) is -1.91. The maximum atomic E-state index is 12.0. The highest BCUT2D eigenvalue weighted by atomic mass is 32.2. The molecule has 0 spiro atoms. The van der Waals surface area contributed by atoms with E-state index in [-0.39, 0.29) is 15.1 Å². The Morgan fingerprint density at radius 1 is 1.29 bits per heavy atom. The first-order valence-electron chi connectivity index (χ1n) is 6.84. The Balaban J connectivity index is 2.58. The number of methoxy groups -OCH3 is 1. The van der Waals surface area contributed by atoms with E-state index >= 15 is 0 Å². The molecule has 0 aliphatic rings. The van der Waals surface area contributed by atoms with Crippen LogP contribution < -0.4 is 5.32 Å². The highest BCUT2D eigenvalue weighted by Crippen LogP contribution is 2.18. The summed E-state index contributed by atoms with van der Waals surface area (Å²) in [6.07, 6.45) is 3.54. The van der Waals surface area contributed by atoms with Crippen molar-refractivity contribution in [3.63, 3.8) is 0 Å². The number of amides is 1. The number of unbranched alkanes of at least 4 members (excludes halogenated alkanes) is 3. The molecule has 1 heterocycles. The van der Waals surface area contributed by atoms with Crippen LogP contribution in [0, 0.1) is 0 Å². The van der Waals surface area contributed by atoms with Crippen molar-refractivity contribution in [1.82, 2.24) is 15.5 Å². The average molecular weight is 335 g/mol. The van der Waals surface area contributed by atoms with E-state index in [4.69, 9.17) is 4.74 Å². The molecule has 9 heteroatoms. The molecule has 0 radical (unpaired) electrons. The first kappa shape index (κ1) is 18.0. The van der Waals surface area contributed by atoms with Gasteiger partial charge in [-0.05, 0) is 6.42 Å². The lowest BCUT2D eigenvalue weighted by molar-refractivity contribution is 0.0936. The van der Waals surface area contributed by atoms with E-state index < -0.39 is 15.7 Å². The third-order valence-electron chi connectivity index (χ3n) is 2.73. The molecular formula is C12H21N3O4S2. The van der Waals surface area contributed by atoms with E-state index in [1.165, 1.54) is 7.11 Å². The maximum absolute atomic E-state index is 12.0. The fraction of sp³-hybridized carbons (Fsp3) is 0.750. The summed E-state index contributed by atoms with van der Waals surface area (Å²) in [6.45, 7) is 2.79. The Kier molecular flexibility index (Phi) is 7.76. The smallest absolute Gasteiger partial charge is 0.282 e. The van der Waals surface area contributed by atoms with Crippen LogP contribution >= 0.6 is 11.3 Å². The molecule has 0 aliphatic heterocycles. The number of nitrogens with zero attached hydrogens (tertiary/aromatic N) is 2. The van der Waals surface area contributed by atoms with Crippen molar-refractivity contribution >= 4 is 27.1 Å². The zero-order chi connectivity index (χ0) is 15.7. The predicted molar refractivity (Wildman–Crippen MR) is 80.3 cm³/mol. The zero-order valence-corrected chi connectivity index (χ0v) is 13.9. The van der Waals surface area contributed by atoms with Gasteiger partial charge in [0, 0.05) is 13.7 Å². The third-order valence-corrected chi connectivity index (χ3v) is 5.89. The van der Waals surface area contributed by atoms with E-state index in [0.717, 1.165) is 30.6 Å². The summed E-state index contributed by atoms with van der Waals surface area (Å²) < 4.78 is 28.8. The summed E-state index contributed by atoms with van der Waals surface area (Å²) in [4.78, 5) is 11.7. The predicted octanol–water partition coefficient (Wildman–Crippen LogP) is 1.27. The van der Waals surface area contributed by atoms with E-state index in [1.54, 1.807) is 0 Å². The molecule has 1 rings (SSSR count). The van der Waals surface area contributed by atoms with Crippen LogP contribution in [0.2, 0.25) is 0 Å². The summed E-state index contributed by atoms with van der Waals surface area (Å²) in [5, 5.41) is 9.89. The number of sulfone groups is 1. The molecule has 0 fully saturated rings. The summed E-state index contributed by atoms with van der Waals surface area (Å²) in [6, 6.07) is 0. The van der Waals surface area contributed by atoms with Crippen molar-refractivity contribution in [3.05, 3.63) is 5.01 Å². The normalized spacial score (nSPS) is 11.5. The molecule has 7 nitrogen and oxygen atoms in total. The van der Waals surface area contributed by atoms with Crippen molar-refractivity contribution in [1.29, 1.82) is 0 Å². The minimum Gasteiger partial charge on any atom is -0.383 e. The van der Waals surface area contributed by atoms with E-state index in [1.807, 2.05) is 0 Å². The van der Waals surface area contributed by atoms with Gasteiger partial charge in [0.25, 0.3) is 5.91 Å². The first-order chi connectivity index (χ1) is 10.0. The molecule has 21 heavy (non-hydrogen) atoms. The van der Waals surface area contributed by atoms with Crippen LogP contribution in [0.4, 0.5) is 0 Å². The number of ether oxygens (including phenoxy) is 1. The van der Waals surface area contributed by atoms with Gasteiger partial charge in [0.1, 0.15) is 0 Å². The molecule has 1 aromatic rings. The number of carbonyl (C=O) groups is 1. The number of hydrogen-bond acceptors (Lipinski definition) is 7. The Hall–Kier alpha value is -1.06.